The molecule has 0 spiro atoms. The van der Waals surface area contributed by atoms with E-state index >= 15 is 0 Å². The predicted molar refractivity (Wildman–Crippen MR) is 65.9 cm³/mol. The topological polar surface area (TPSA) is 60.2 Å². The Morgan fingerprint density at radius 1 is 1.25 bits per heavy atom. The summed E-state index contributed by atoms with van der Waals surface area (Å²) in [6.45, 7) is 8.28. The smallest absolute Gasteiger partial charge is 0.152 e. The van der Waals surface area contributed by atoms with Crippen molar-refractivity contribution < 1.29 is 12.8 Å². The molecule has 0 fully saturated rings. The lowest BCUT2D eigenvalue weighted by atomic mass is 9.76. The number of rotatable bonds is 5. The molecule has 0 saturated carbocycles. The van der Waals surface area contributed by atoms with Gasteiger partial charge in [0, 0.05) is 6.54 Å². The van der Waals surface area contributed by atoms with Crippen molar-refractivity contribution in [3.63, 3.8) is 0 Å². The van der Waals surface area contributed by atoms with Crippen molar-refractivity contribution in [2.75, 3.05) is 12.3 Å². The maximum Gasteiger partial charge on any atom is 0.152 e. The van der Waals surface area contributed by atoms with Crippen molar-refractivity contribution >= 4 is 9.84 Å². The van der Waals surface area contributed by atoms with E-state index in [9.17, 15) is 12.8 Å². The van der Waals surface area contributed by atoms with Crippen LogP contribution in [0.4, 0.5) is 4.39 Å². The van der Waals surface area contributed by atoms with E-state index in [1.807, 2.05) is 0 Å². The second-order valence-electron chi connectivity index (χ2n) is 5.59. The molecule has 1 unspecified atom stereocenters. The fourth-order valence-corrected chi connectivity index (χ4v) is 2.40. The molecule has 5 heteroatoms. The molecule has 1 atom stereocenters. The molecule has 0 aromatic heterocycles. The van der Waals surface area contributed by atoms with Gasteiger partial charge in [-0.25, -0.2) is 12.8 Å². The van der Waals surface area contributed by atoms with E-state index in [4.69, 9.17) is 5.73 Å². The third-order valence-corrected chi connectivity index (χ3v) is 5.38. The van der Waals surface area contributed by atoms with Gasteiger partial charge >= 0.3 is 0 Å². The summed E-state index contributed by atoms with van der Waals surface area (Å²) in [5.74, 6) is -0.143. The molecule has 0 aromatic rings. The number of sulfone groups is 1. The van der Waals surface area contributed by atoms with Crippen molar-refractivity contribution in [2.24, 2.45) is 11.1 Å². The summed E-state index contributed by atoms with van der Waals surface area (Å²) in [6, 6.07) is 0. The average Bonchev–Trinajstić information content (AvgIpc) is 2.12. The Labute approximate surface area is 98.5 Å². The first-order chi connectivity index (χ1) is 6.96. The molecular weight excluding hydrogens is 229 g/mol. The van der Waals surface area contributed by atoms with Crippen molar-refractivity contribution in [1.82, 2.24) is 0 Å². The van der Waals surface area contributed by atoms with Crippen molar-refractivity contribution in [3.8, 4) is 0 Å². The van der Waals surface area contributed by atoms with Crippen molar-refractivity contribution in [2.45, 2.75) is 52.0 Å². The van der Waals surface area contributed by atoms with Crippen LogP contribution in [0.15, 0.2) is 0 Å². The number of alkyl halides is 1. The molecule has 98 valence electrons. The van der Waals surface area contributed by atoms with Gasteiger partial charge in [0.2, 0.25) is 0 Å². The molecule has 0 heterocycles. The molecular formula is C11H24FNO2S. The average molecular weight is 253 g/mol. The minimum absolute atomic E-state index is 0.0342. The molecule has 0 rings (SSSR count). The number of hydrogen-bond donors (Lipinski definition) is 1. The van der Waals surface area contributed by atoms with E-state index in [1.165, 1.54) is 0 Å². The van der Waals surface area contributed by atoms with Crippen LogP contribution in [0.5, 0.6) is 0 Å². The molecule has 0 aliphatic heterocycles. The lowest BCUT2D eigenvalue weighted by Gasteiger charge is -2.37. The lowest BCUT2D eigenvalue weighted by Crippen LogP contribution is -2.46. The first-order valence-electron chi connectivity index (χ1n) is 5.57. The highest BCUT2D eigenvalue weighted by atomic mass is 32.2. The SMILES string of the molecule is CC(C)S(=O)(=O)CCC(F)(CN)C(C)(C)C. The molecule has 0 aliphatic rings. The van der Waals surface area contributed by atoms with E-state index < -0.39 is 26.2 Å². The van der Waals surface area contributed by atoms with E-state index in [0.717, 1.165) is 0 Å². The van der Waals surface area contributed by atoms with Crippen LogP contribution < -0.4 is 5.73 Å². The summed E-state index contributed by atoms with van der Waals surface area (Å²) in [7, 11) is -3.20. The second kappa shape index (κ2) is 5.00. The third kappa shape index (κ3) is 3.70. The van der Waals surface area contributed by atoms with Crippen molar-refractivity contribution in [1.29, 1.82) is 0 Å². The maximum absolute atomic E-state index is 14.4. The van der Waals surface area contributed by atoms with E-state index in [-0.39, 0.29) is 18.7 Å². The van der Waals surface area contributed by atoms with Gasteiger partial charge in [0.25, 0.3) is 0 Å². The van der Waals surface area contributed by atoms with Crippen LogP contribution in [0, 0.1) is 5.41 Å². The van der Waals surface area contributed by atoms with Gasteiger partial charge in [0.05, 0.1) is 11.0 Å². The lowest BCUT2D eigenvalue weighted by molar-refractivity contribution is 0.0348. The minimum Gasteiger partial charge on any atom is -0.328 e. The quantitative estimate of drug-likeness (QED) is 0.814. The zero-order chi connectivity index (χ0) is 13.2. The van der Waals surface area contributed by atoms with Crippen molar-refractivity contribution in [3.05, 3.63) is 0 Å². The van der Waals surface area contributed by atoms with Gasteiger partial charge in [-0.1, -0.05) is 20.8 Å². The first kappa shape index (κ1) is 15.8. The van der Waals surface area contributed by atoms with Crippen LogP contribution in [0.1, 0.15) is 41.0 Å². The van der Waals surface area contributed by atoms with Crippen LogP contribution in [0.3, 0.4) is 0 Å². The van der Waals surface area contributed by atoms with E-state index in [1.54, 1.807) is 34.6 Å². The van der Waals surface area contributed by atoms with Crippen LogP contribution in [-0.2, 0) is 9.84 Å². The Bertz CT molecular complexity index is 319. The summed E-state index contributed by atoms with van der Waals surface area (Å²) in [4.78, 5) is 0. The van der Waals surface area contributed by atoms with Gasteiger partial charge in [0.1, 0.15) is 5.67 Å². The van der Waals surface area contributed by atoms with Crippen LogP contribution >= 0.6 is 0 Å². The normalized spacial score (nSPS) is 17.5. The maximum atomic E-state index is 14.4. The number of hydrogen-bond acceptors (Lipinski definition) is 3. The van der Waals surface area contributed by atoms with Gasteiger partial charge in [0.15, 0.2) is 9.84 Å². The molecule has 16 heavy (non-hydrogen) atoms. The number of nitrogens with two attached hydrogens (primary N) is 1. The van der Waals surface area contributed by atoms with Gasteiger partial charge < -0.3 is 5.73 Å². The summed E-state index contributed by atoms with van der Waals surface area (Å²) >= 11 is 0. The zero-order valence-corrected chi connectivity index (χ0v) is 11.7. The molecule has 2 N–H and O–H groups in total. The highest BCUT2D eigenvalue weighted by Gasteiger charge is 2.41. The van der Waals surface area contributed by atoms with Gasteiger partial charge in [-0.3, -0.25) is 0 Å². The molecule has 3 nitrogen and oxygen atoms in total. The standard InChI is InChI=1S/C11H24FNO2S/c1-9(2)16(14,15)7-6-11(12,8-13)10(3,4)5/h9H,6-8,13H2,1-5H3. The largest absolute Gasteiger partial charge is 0.328 e. The van der Waals surface area contributed by atoms with Crippen LogP contribution in [0.2, 0.25) is 0 Å². The monoisotopic (exact) mass is 253 g/mol. The molecule has 0 saturated heterocycles. The Balaban J connectivity index is 4.74. The summed E-state index contributed by atoms with van der Waals surface area (Å²) in [5, 5.41) is -0.463. The third-order valence-electron chi connectivity index (χ3n) is 3.17. The van der Waals surface area contributed by atoms with Gasteiger partial charge in [-0.15, -0.1) is 0 Å². The molecule has 0 aliphatic carbocycles. The van der Waals surface area contributed by atoms with E-state index in [0.29, 0.717) is 0 Å². The predicted octanol–water partition coefficient (Wildman–Crippen LogP) is 1.91. The molecule has 0 amide bonds. The highest BCUT2D eigenvalue weighted by molar-refractivity contribution is 7.91. The Morgan fingerprint density at radius 2 is 1.69 bits per heavy atom. The molecule has 0 radical (unpaired) electrons. The van der Waals surface area contributed by atoms with Crippen LogP contribution in [0.25, 0.3) is 0 Å². The summed E-state index contributed by atoms with van der Waals surface area (Å²) < 4.78 is 37.7. The molecule has 0 aromatic carbocycles. The summed E-state index contributed by atoms with van der Waals surface area (Å²) in [6.07, 6.45) is -0.0342. The number of halogens is 1. The fraction of sp³-hybridized carbons (Fsp3) is 1.00. The van der Waals surface area contributed by atoms with Crippen LogP contribution in [-0.4, -0.2) is 31.6 Å². The Morgan fingerprint density at radius 3 is 1.94 bits per heavy atom. The van der Waals surface area contributed by atoms with Gasteiger partial charge in [-0.05, 0) is 25.7 Å². The minimum atomic E-state index is -3.20. The van der Waals surface area contributed by atoms with E-state index in [2.05, 4.69) is 0 Å². The highest BCUT2D eigenvalue weighted by Crippen LogP contribution is 2.36. The Hall–Kier alpha value is -0.160. The molecule has 0 bridgehead atoms. The second-order valence-corrected chi connectivity index (χ2v) is 8.26. The Kier molecular flexibility index (Phi) is 4.95. The zero-order valence-electron chi connectivity index (χ0n) is 10.9. The fourth-order valence-electron chi connectivity index (χ4n) is 1.32. The summed E-state index contributed by atoms with van der Waals surface area (Å²) in [5.41, 5.74) is 3.15. The van der Waals surface area contributed by atoms with Gasteiger partial charge in [-0.2, -0.15) is 0 Å². The first-order valence-corrected chi connectivity index (χ1v) is 7.28.